The molecule has 0 N–H and O–H groups in total. The molecule has 0 unspecified atom stereocenters. The Hall–Kier alpha value is -0.530. The van der Waals surface area contributed by atoms with Crippen molar-refractivity contribution in [2.75, 3.05) is 6.61 Å². The van der Waals surface area contributed by atoms with Gasteiger partial charge < -0.3 is 4.84 Å². The third-order valence-corrected chi connectivity index (χ3v) is 0.680. The summed E-state index contributed by atoms with van der Waals surface area (Å²) in [5, 5.41) is 3.22. The van der Waals surface area contributed by atoms with Crippen LogP contribution in [0.2, 0.25) is 0 Å². The van der Waals surface area contributed by atoms with Gasteiger partial charge in [-0.2, -0.15) is 0 Å². The van der Waals surface area contributed by atoms with Crippen LogP contribution in [-0.2, 0) is 4.84 Å². The molecule has 0 saturated carbocycles. The zero-order valence-electron chi connectivity index (χ0n) is 4.68. The summed E-state index contributed by atoms with van der Waals surface area (Å²) in [5.74, 6) is 0. The smallest absolute Gasteiger partial charge is 0.117 e. The summed E-state index contributed by atoms with van der Waals surface area (Å²) >= 11 is 0. The summed E-state index contributed by atoms with van der Waals surface area (Å²) in [7, 11) is 0. The van der Waals surface area contributed by atoms with Crippen LogP contribution in [0.15, 0.2) is 5.16 Å². The quantitative estimate of drug-likeness (QED) is 0.298. The molecule has 0 aliphatic carbocycles. The van der Waals surface area contributed by atoms with Crippen molar-refractivity contribution in [3.63, 3.8) is 0 Å². The molecule has 0 heterocycles. The molecular weight excluding hydrogens is 90.1 g/mol. The van der Waals surface area contributed by atoms with Gasteiger partial charge in [0.15, 0.2) is 0 Å². The average Bonchev–Trinajstić information content (AvgIpc) is 1.69. The summed E-state index contributed by atoms with van der Waals surface area (Å²) in [5.41, 5.74) is 0. The number of rotatable bonds is 4. The van der Waals surface area contributed by atoms with Crippen molar-refractivity contribution < 1.29 is 4.84 Å². The third kappa shape index (κ3) is 5.47. The summed E-state index contributed by atoms with van der Waals surface area (Å²) in [6, 6.07) is 0. The molecule has 0 fully saturated rings. The first-order valence-corrected chi connectivity index (χ1v) is 2.49. The normalized spacial score (nSPS) is 8.14. The van der Waals surface area contributed by atoms with E-state index in [4.69, 9.17) is 0 Å². The molecule has 42 valence electrons. The molecule has 0 aromatic carbocycles. The van der Waals surface area contributed by atoms with Crippen molar-refractivity contribution in [2.24, 2.45) is 5.16 Å². The Labute approximate surface area is 44.2 Å². The maximum absolute atomic E-state index is 4.59. The molecule has 0 bridgehead atoms. The molecule has 0 spiro atoms. The van der Waals surface area contributed by atoms with Crippen LogP contribution in [0.5, 0.6) is 0 Å². The van der Waals surface area contributed by atoms with Gasteiger partial charge in [0.25, 0.3) is 0 Å². The van der Waals surface area contributed by atoms with Gasteiger partial charge in [0.1, 0.15) is 6.61 Å². The lowest BCUT2D eigenvalue weighted by molar-refractivity contribution is 0.144. The minimum absolute atomic E-state index is 0.708. The Morgan fingerprint density at radius 1 is 1.71 bits per heavy atom. The lowest BCUT2D eigenvalue weighted by atomic mass is 10.4. The van der Waals surface area contributed by atoms with E-state index in [0.29, 0.717) is 6.61 Å². The van der Waals surface area contributed by atoms with E-state index in [9.17, 15) is 0 Å². The van der Waals surface area contributed by atoms with E-state index >= 15 is 0 Å². The second-order valence-corrected chi connectivity index (χ2v) is 1.32. The van der Waals surface area contributed by atoms with Crippen LogP contribution in [0.3, 0.4) is 0 Å². The first-order chi connectivity index (χ1) is 3.41. The van der Waals surface area contributed by atoms with E-state index in [1.165, 1.54) is 0 Å². The predicted molar refractivity (Wildman–Crippen MR) is 30.4 cm³/mol. The number of unbranched alkanes of at least 4 members (excludes halogenated alkanes) is 1. The zero-order valence-corrected chi connectivity index (χ0v) is 4.68. The molecule has 0 saturated heterocycles. The number of hydrogen-bond acceptors (Lipinski definition) is 2. The van der Waals surface area contributed by atoms with Crippen molar-refractivity contribution in [1.29, 1.82) is 0 Å². The van der Waals surface area contributed by atoms with E-state index in [1.54, 1.807) is 0 Å². The third-order valence-electron chi connectivity index (χ3n) is 0.680. The molecule has 7 heavy (non-hydrogen) atoms. The fraction of sp³-hybridized carbons (Fsp3) is 0.800. The topological polar surface area (TPSA) is 21.6 Å². The van der Waals surface area contributed by atoms with E-state index in [1.807, 2.05) is 0 Å². The van der Waals surface area contributed by atoms with Gasteiger partial charge in [-0.3, -0.25) is 0 Å². The van der Waals surface area contributed by atoms with Gasteiger partial charge in [-0.1, -0.05) is 13.3 Å². The zero-order chi connectivity index (χ0) is 5.54. The van der Waals surface area contributed by atoms with Gasteiger partial charge in [0, 0.05) is 6.72 Å². The second kappa shape index (κ2) is 5.47. The molecule has 0 aromatic heterocycles. The van der Waals surface area contributed by atoms with Crippen LogP contribution in [-0.4, -0.2) is 13.3 Å². The highest BCUT2D eigenvalue weighted by Crippen LogP contribution is 1.85. The maximum atomic E-state index is 4.59. The van der Waals surface area contributed by atoms with Gasteiger partial charge in [-0.25, -0.2) is 0 Å². The second-order valence-electron chi connectivity index (χ2n) is 1.32. The molecule has 0 aliphatic rings. The summed E-state index contributed by atoms with van der Waals surface area (Å²) in [6.45, 7) is 5.97. The summed E-state index contributed by atoms with van der Waals surface area (Å²) in [4.78, 5) is 4.59. The standard InChI is InChI=1S/C5H11NO/c1-3-4-5-7-6-2/h2-5H2,1H3. The van der Waals surface area contributed by atoms with Crippen LogP contribution < -0.4 is 0 Å². The number of hydrogen-bond donors (Lipinski definition) is 0. The minimum Gasteiger partial charge on any atom is -0.396 e. The van der Waals surface area contributed by atoms with Crippen LogP contribution in [0.25, 0.3) is 0 Å². The summed E-state index contributed by atoms with van der Waals surface area (Å²) < 4.78 is 0. The van der Waals surface area contributed by atoms with Crippen molar-refractivity contribution in [3.8, 4) is 0 Å². The molecule has 0 aromatic rings. The molecule has 0 rings (SSSR count). The molecule has 2 nitrogen and oxygen atoms in total. The SMILES string of the molecule is C=NOCCCC. The summed E-state index contributed by atoms with van der Waals surface area (Å²) in [6.07, 6.45) is 2.22. The molecule has 0 amide bonds. The Balaban J connectivity index is 2.56. The van der Waals surface area contributed by atoms with Gasteiger partial charge in [0.2, 0.25) is 0 Å². The van der Waals surface area contributed by atoms with Gasteiger partial charge in [-0.15, -0.1) is 5.16 Å². The van der Waals surface area contributed by atoms with Gasteiger partial charge >= 0.3 is 0 Å². The molecular formula is C5H11NO. The molecule has 0 atom stereocenters. The van der Waals surface area contributed by atoms with E-state index in [2.05, 4.69) is 23.6 Å². The van der Waals surface area contributed by atoms with Crippen LogP contribution in [0.4, 0.5) is 0 Å². The van der Waals surface area contributed by atoms with Gasteiger partial charge in [-0.05, 0) is 6.42 Å². The number of nitrogens with zero attached hydrogens (tertiary/aromatic N) is 1. The van der Waals surface area contributed by atoms with Crippen LogP contribution >= 0.6 is 0 Å². The van der Waals surface area contributed by atoms with Crippen molar-refractivity contribution in [1.82, 2.24) is 0 Å². The minimum atomic E-state index is 0.708. The van der Waals surface area contributed by atoms with Crippen molar-refractivity contribution in [2.45, 2.75) is 19.8 Å². The molecule has 0 aliphatic heterocycles. The monoisotopic (exact) mass is 101 g/mol. The maximum Gasteiger partial charge on any atom is 0.117 e. The Morgan fingerprint density at radius 3 is 2.86 bits per heavy atom. The largest absolute Gasteiger partial charge is 0.396 e. The average molecular weight is 101 g/mol. The fourth-order valence-corrected chi connectivity index (χ4v) is 0.273. The van der Waals surface area contributed by atoms with Crippen LogP contribution in [0.1, 0.15) is 19.8 Å². The van der Waals surface area contributed by atoms with Crippen molar-refractivity contribution >= 4 is 6.72 Å². The van der Waals surface area contributed by atoms with E-state index in [-0.39, 0.29) is 0 Å². The first-order valence-electron chi connectivity index (χ1n) is 2.49. The lowest BCUT2D eigenvalue weighted by Gasteiger charge is -1.91. The number of oxime groups is 1. The Kier molecular flexibility index (Phi) is 5.06. The fourth-order valence-electron chi connectivity index (χ4n) is 0.273. The highest BCUT2D eigenvalue weighted by Gasteiger charge is 1.77. The van der Waals surface area contributed by atoms with Crippen LogP contribution in [0, 0.1) is 0 Å². The highest BCUT2D eigenvalue weighted by atomic mass is 16.6. The van der Waals surface area contributed by atoms with E-state index < -0.39 is 0 Å². The first kappa shape index (κ1) is 6.47. The highest BCUT2D eigenvalue weighted by molar-refractivity contribution is 5.21. The van der Waals surface area contributed by atoms with Crippen molar-refractivity contribution in [3.05, 3.63) is 0 Å². The molecule has 0 radical (unpaired) electrons. The van der Waals surface area contributed by atoms with E-state index in [0.717, 1.165) is 12.8 Å². The lowest BCUT2D eigenvalue weighted by Crippen LogP contribution is -1.83. The Morgan fingerprint density at radius 2 is 2.43 bits per heavy atom. The Bertz CT molecular complexity index is 45.3. The van der Waals surface area contributed by atoms with Gasteiger partial charge in [0.05, 0.1) is 0 Å². The predicted octanol–water partition coefficient (Wildman–Crippen LogP) is 1.42. The molecule has 2 heteroatoms.